The molecule has 0 saturated carbocycles. The number of nitrogens with one attached hydrogen (secondary N) is 1. The molecule has 1 atom stereocenters. The lowest BCUT2D eigenvalue weighted by molar-refractivity contribution is 0.533. The molecule has 64 valence electrons. The summed E-state index contributed by atoms with van der Waals surface area (Å²) in [6, 6.07) is 0. The van der Waals surface area contributed by atoms with E-state index in [1.807, 2.05) is 0 Å². The first-order valence-electron chi connectivity index (χ1n) is 2.56. The molecule has 0 heterocycles. The van der Waals surface area contributed by atoms with E-state index in [4.69, 9.17) is 0 Å². The molecule has 1 N–H and O–H groups in total. The highest BCUT2D eigenvalue weighted by Gasteiger charge is 2.17. The average Bonchev–Trinajstić information content (AvgIpc) is 1.64. The molecule has 1 unspecified atom stereocenters. The Morgan fingerprint density at radius 3 is 2.10 bits per heavy atom. The van der Waals surface area contributed by atoms with Gasteiger partial charge in [0, 0.05) is 6.54 Å². The zero-order valence-corrected chi connectivity index (χ0v) is 7.43. The van der Waals surface area contributed by atoms with Crippen LogP contribution in [0.2, 0.25) is 0 Å². The lowest BCUT2D eigenvalue weighted by Crippen LogP contribution is -2.26. The smallest absolute Gasteiger partial charge is 0.306 e. The molecular formula is C4H11ClFNO2S. The largest absolute Gasteiger partial charge is 0.318 e. The SMILES string of the molecule is CNCC(C)S(=O)(=O)F.Cl. The van der Waals surface area contributed by atoms with E-state index in [1.165, 1.54) is 6.92 Å². The van der Waals surface area contributed by atoms with Gasteiger partial charge in [-0.25, -0.2) is 0 Å². The zero-order chi connectivity index (χ0) is 7.49. The van der Waals surface area contributed by atoms with Crippen LogP contribution in [0, 0.1) is 0 Å². The fraction of sp³-hybridized carbons (Fsp3) is 1.00. The molecule has 0 spiro atoms. The summed E-state index contributed by atoms with van der Waals surface area (Å²) in [6.07, 6.45) is 0. The number of halogens is 2. The van der Waals surface area contributed by atoms with Gasteiger partial charge in [-0.1, -0.05) is 0 Å². The fourth-order valence-corrected chi connectivity index (χ4v) is 0.753. The average molecular weight is 192 g/mol. The molecule has 0 aromatic rings. The molecule has 0 aromatic heterocycles. The Balaban J connectivity index is 0. The van der Waals surface area contributed by atoms with Gasteiger partial charge in [0.15, 0.2) is 0 Å². The Morgan fingerprint density at radius 1 is 1.60 bits per heavy atom. The summed E-state index contributed by atoms with van der Waals surface area (Å²) in [6.45, 7) is 1.46. The Bertz CT molecular complexity index is 170. The van der Waals surface area contributed by atoms with Crippen molar-refractivity contribution in [3.8, 4) is 0 Å². The van der Waals surface area contributed by atoms with Crippen molar-refractivity contribution in [1.29, 1.82) is 0 Å². The second-order valence-corrected chi connectivity index (χ2v) is 3.60. The van der Waals surface area contributed by atoms with Crippen molar-refractivity contribution < 1.29 is 12.3 Å². The van der Waals surface area contributed by atoms with Crippen LogP contribution in [0.25, 0.3) is 0 Å². The first kappa shape index (κ1) is 12.8. The second-order valence-electron chi connectivity index (χ2n) is 1.84. The van der Waals surface area contributed by atoms with Crippen molar-refractivity contribution >= 4 is 22.6 Å². The first-order chi connectivity index (χ1) is 3.98. The minimum absolute atomic E-state index is 0. The Morgan fingerprint density at radius 2 is 2.00 bits per heavy atom. The summed E-state index contributed by atoms with van der Waals surface area (Å²) in [5.41, 5.74) is 0. The summed E-state index contributed by atoms with van der Waals surface area (Å²) in [5.74, 6) is 0. The van der Waals surface area contributed by atoms with Crippen molar-refractivity contribution in [3.63, 3.8) is 0 Å². The summed E-state index contributed by atoms with van der Waals surface area (Å²) in [7, 11) is -2.76. The van der Waals surface area contributed by atoms with Crippen molar-refractivity contribution in [2.24, 2.45) is 0 Å². The van der Waals surface area contributed by atoms with Gasteiger partial charge in [-0.3, -0.25) is 0 Å². The van der Waals surface area contributed by atoms with Crippen molar-refractivity contribution in [2.75, 3.05) is 13.6 Å². The van der Waals surface area contributed by atoms with E-state index in [2.05, 4.69) is 5.32 Å². The van der Waals surface area contributed by atoms with E-state index in [0.29, 0.717) is 0 Å². The van der Waals surface area contributed by atoms with Crippen LogP contribution in [0.1, 0.15) is 6.92 Å². The number of rotatable bonds is 3. The number of hydrogen-bond donors (Lipinski definition) is 1. The van der Waals surface area contributed by atoms with Gasteiger partial charge < -0.3 is 5.32 Å². The lowest BCUT2D eigenvalue weighted by Gasteiger charge is -2.02. The number of hydrogen-bond acceptors (Lipinski definition) is 3. The van der Waals surface area contributed by atoms with Crippen LogP contribution in [-0.4, -0.2) is 27.3 Å². The molecule has 0 radical (unpaired) electrons. The van der Waals surface area contributed by atoms with Gasteiger partial charge in [0.2, 0.25) is 0 Å². The van der Waals surface area contributed by atoms with Crippen molar-refractivity contribution in [1.82, 2.24) is 5.32 Å². The normalized spacial score (nSPS) is 13.9. The quantitative estimate of drug-likeness (QED) is 0.654. The van der Waals surface area contributed by atoms with Gasteiger partial charge in [-0.15, -0.1) is 16.3 Å². The Kier molecular flexibility index (Phi) is 6.22. The van der Waals surface area contributed by atoms with Gasteiger partial charge in [0.25, 0.3) is 0 Å². The molecule has 0 aliphatic rings. The van der Waals surface area contributed by atoms with Crippen LogP contribution in [0.5, 0.6) is 0 Å². The highest BCUT2D eigenvalue weighted by atomic mass is 35.5. The summed E-state index contributed by atoms with van der Waals surface area (Å²) >= 11 is 0. The summed E-state index contributed by atoms with van der Waals surface area (Å²) < 4.78 is 31.9. The van der Waals surface area contributed by atoms with E-state index in [-0.39, 0.29) is 19.0 Å². The van der Waals surface area contributed by atoms with E-state index < -0.39 is 15.5 Å². The molecular weight excluding hydrogens is 181 g/mol. The van der Waals surface area contributed by atoms with Gasteiger partial charge in [0.05, 0.1) is 0 Å². The van der Waals surface area contributed by atoms with E-state index in [9.17, 15) is 12.3 Å². The molecule has 0 aliphatic heterocycles. The maximum absolute atomic E-state index is 11.9. The van der Waals surface area contributed by atoms with Crippen LogP contribution < -0.4 is 5.32 Å². The fourth-order valence-electron chi connectivity index (χ4n) is 0.387. The minimum Gasteiger partial charge on any atom is -0.318 e. The van der Waals surface area contributed by atoms with Gasteiger partial charge in [-0.2, -0.15) is 8.42 Å². The third-order valence-electron chi connectivity index (χ3n) is 0.972. The second kappa shape index (κ2) is 4.87. The Labute approximate surface area is 66.6 Å². The molecule has 0 saturated heterocycles. The topological polar surface area (TPSA) is 46.2 Å². The molecule has 0 aliphatic carbocycles. The maximum Gasteiger partial charge on any atom is 0.306 e. The van der Waals surface area contributed by atoms with Crippen LogP contribution >= 0.6 is 12.4 Å². The van der Waals surface area contributed by atoms with Crippen molar-refractivity contribution in [3.05, 3.63) is 0 Å². The standard InChI is InChI=1S/C4H10FNO2S.ClH/c1-4(3-6-2)9(5,7)8;/h4,6H,3H2,1-2H3;1H. The monoisotopic (exact) mass is 191 g/mol. The van der Waals surface area contributed by atoms with Crippen LogP contribution in [0.4, 0.5) is 3.89 Å². The minimum atomic E-state index is -4.33. The molecule has 0 amide bonds. The maximum atomic E-state index is 11.9. The predicted octanol–water partition coefficient (Wildman–Crippen LogP) is 0.315. The zero-order valence-electron chi connectivity index (χ0n) is 5.80. The molecule has 10 heavy (non-hydrogen) atoms. The molecule has 3 nitrogen and oxygen atoms in total. The van der Waals surface area contributed by atoms with E-state index in [1.54, 1.807) is 7.05 Å². The van der Waals surface area contributed by atoms with Crippen LogP contribution in [0.3, 0.4) is 0 Å². The molecule has 6 heteroatoms. The van der Waals surface area contributed by atoms with E-state index in [0.717, 1.165) is 0 Å². The highest BCUT2D eigenvalue weighted by Crippen LogP contribution is 1.99. The van der Waals surface area contributed by atoms with Gasteiger partial charge in [0.1, 0.15) is 5.25 Å². The predicted molar refractivity (Wildman–Crippen MR) is 40.7 cm³/mol. The molecule has 0 bridgehead atoms. The molecule has 0 fully saturated rings. The summed E-state index contributed by atoms with van der Waals surface area (Å²) in [5, 5.41) is 1.61. The third-order valence-corrected chi connectivity index (χ3v) is 2.10. The lowest BCUT2D eigenvalue weighted by atomic mass is 10.5. The van der Waals surface area contributed by atoms with Gasteiger partial charge in [-0.05, 0) is 14.0 Å². The molecule has 0 aromatic carbocycles. The van der Waals surface area contributed by atoms with Crippen LogP contribution in [-0.2, 0) is 10.2 Å². The summed E-state index contributed by atoms with van der Waals surface area (Å²) in [4.78, 5) is 0. The van der Waals surface area contributed by atoms with E-state index >= 15 is 0 Å². The third kappa shape index (κ3) is 4.96. The van der Waals surface area contributed by atoms with Crippen LogP contribution in [0.15, 0.2) is 0 Å². The molecule has 0 rings (SSSR count). The Hall–Kier alpha value is 0.130. The first-order valence-corrected chi connectivity index (χ1v) is 4.01. The van der Waals surface area contributed by atoms with Crippen molar-refractivity contribution in [2.45, 2.75) is 12.2 Å². The van der Waals surface area contributed by atoms with Gasteiger partial charge >= 0.3 is 10.2 Å². The highest BCUT2D eigenvalue weighted by molar-refractivity contribution is 7.87.